The summed E-state index contributed by atoms with van der Waals surface area (Å²) in [6.45, 7) is 3.71. The van der Waals surface area contributed by atoms with Crippen molar-refractivity contribution in [3.63, 3.8) is 0 Å². The topological polar surface area (TPSA) is 149 Å². The molecule has 1 amide bonds. The molecule has 7 atom stereocenters. The molecule has 1 heterocycles. The van der Waals surface area contributed by atoms with E-state index in [1.54, 1.807) is 6.08 Å². The molecule has 1 rings (SSSR count). The molecule has 1 aliphatic heterocycles. The van der Waals surface area contributed by atoms with Crippen LogP contribution < -0.4 is 5.32 Å². The number of ether oxygens (including phenoxy) is 2. The third-order valence-electron chi connectivity index (χ3n) is 8.86. The van der Waals surface area contributed by atoms with E-state index < -0.39 is 49.5 Å². The molecule has 1 aliphatic rings. The number of unbranched alkanes of at least 4 members (excludes halogenated alkanes) is 19. The van der Waals surface area contributed by atoms with Crippen LogP contribution in [0.5, 0.6) is 0 Å². The Bertz CT molecular complexity index is 721. The number of carbonyl (C=O) groups excluding carboxylic acids is 1. The fraction of sp³-hybridized carbons (Fsp3) is 0.917. The zero-order valence-corrected chi connectivity index (χ0v) is 28.6. The first-order valence-corrected chi connectivity index (χ1v) is 18.4. The van der Waals surface area contributed by atoms with Crippen LogP contribution in [0.3, 0.4) is 0 Å². The lowest BCUT2D eigenvalue weighted by Crippen LogP contribution is -2.60. The van der Waals surface area contributed by atoms with E-state index in [1.807, 2.05) is 6.08 Å². The van der Waals surface area contributed by atoms with Crippen molar-refractivity contribution in [1.29, 1.82) is 0 Å². The van der Waals surface area contributed by atoms with Crippen molar-refractivity contribution < 1.29 is 39.8 Å². The molecule has 0 aromatic carbocycles. The van der Waals surface area contributed by atoms with Crippen LogP contribution in [0.4, 0.5) is 0 Å². The van der Waals surface area contributed by atoms with Crippen LogP contribution in [0, 0.1) is 0 Å². The van der Waals surface area contributed by atoms with Crippen molar-refractivity contribution in [2.45, 2.75) is 198 Å². The van der Waals surface area contributed by atoms with Crippen molar-refractivity contribution in [2.75, 3.05) is 13.2 Å². The molecule has 266 valence electrons. The SMILES string of the molecule is CCCCCCCCCCCCCC/C=C/C(O)C(COC1OC(CO)C(O)C(O)C1O)NC(=O)CCCCCCCCCC. The van der Waals surface area contributed by atoms with Gasteiger partial charge in [0.05, 0.1) is 25.4 Å². The molecule has 6 N–H and O–H groups in total. The third kappa shape index (κ3) is 20.0. The van der Waals surface area contributed by atoms with E-state index in [-0.39, 0.29) is 12.5 Å². The quantitative estimate of drug-likeness (QED) is 0.0441. The van der Waals surface area contributed by atoms with E-state index in [2.05, 4.69) is 19.2 Å². The summed E-state index contributed by atoms with van der Waals surface area (Å²) in [6.07, 6.45) is 21.2. The summed E-state index contributed by atoms with van der Waals surface area (Å²) in [7, 11) is 0. The van der Waals surface area contributed by atoms with Gasteiger partial charge in [0.2, 0.25) is 5.91 Å². The minimum absolute atomic E-state index is 0.184. The highest BCUT2D eigenvalue weighted by Gasteiger charge is 2.44. The minimum atomic E-state index is -1.56. The Hall–Kier alpha value is -1.07. The van der Waals surface area contributed by atoms with E-state index in [4.69, 9.17) is 9.47 Å². The molecule has 0 radical (unpaired) electrons. The molecule has 1 fully saturated rings. The molecule has 45 heavy (non-hydrogen) atoms. The summed E-state index contributed by atoms with van der Waals surface area (Å²) in [5, 5.41) is 53.7. The zero-order valence-electron chi connectivity index (χ0n) is 28.6. The van der Waals surface area contributed by atoms with E-state index in [9.17, 15) is 30.3 Å². The van der Waals surface area contributed by atoms with Gasteiger partial charge in [-0.05, 0) is 19.3 Å². The lowest BCUT2D eigenvalue weighted by atomic mass is 9.99. The van der Waals surface area contributed by atoms with Crippen LogP contribution in [0.25, 0.3) is 0 Å². The maximum absolute atomic E-state index is 12.8. The molecule has 0 bridgehead atoms. The fourth-order valence-corrected chi connectivity index (χ4v) is 5.80. The second-order valence-electron chi connectivity index (χ2n) is 13.0. The van der Waals surface area contributed by atoms with Gasteiger partial charge in [-0.2, -0.15) is 0 Å². The monoisotopic (exact) mass is 644 g/mol. The van der Waals surface area contributed by atoms with Crippen LogP contribution in [0.15, 0.2) is 12.2 Å². The molecule has 0 spiro atoms. The Balaban J connectivity index is 2.47. The smallest absolute Gasteiger partial charge is 0.220 e. The third-order valence-corrected chi connectivity index (χ3v) is 8.86. The normalized spacial score (nSPS) is 23.4. The number of nitrogens with one attached hydrogen (secondary N) is 1. The average molecular weight is 644 g/mol. The Morgan fingerprint density at radius 2 is 1.22 bits per heavy atom. The Kier molecular flexibility index (Phi) is 26.1. The maximum atomic E-state index is 12.8. The molecule has 9 heteroatoms. The number of aliphatic hydroxyl groups is 5. The first-order valence-electron chi connectivity index (χ1n) is 18.4. The highest BCUT2D eigenvalue weighted by atomic mass is 16.7. The molecule has 9 nitrogen and oxygen atoms in total. The van der Waals surface area contributed by atoms with Crippen LogP contribution in [-0.4, -0.2) is 87.5 Å². The highest BCUT2D eigenvalue weighted by Crippen LogP contribution is 2.22. The summed E-state index contributed by atoms with van der Waals surface area (Å²) in [5.74, 6) is -0.184. The first-order chi connectivity index (χ1) is 21.8. The van der Waals surface area contributed by atoms with Gasteiger partial charge in [-0.15, -0.1) is 0 Å². The molecule has 0 aliphatic carbocycles. The number of aliphatic hydroxyl groups excluding tert-OH is 5. The Morgan fingerprint density at radius 1 is 0.733 bits per heavy atom. The predicted molar refractivity (Wildman–Crippen MR) is 180 cm³/mol. The number of rotatable bonds is 29. The van der Waals surface area contributed by atoms with Gasteiger partial charge < -0.3 is 40.3 Å². The summed E-state index contributed by atoms with van der Waals surface area (Å²) >= 11 is 0. The summed E-state index contributed by atoms with van der Waals surface area (Å²) in [6, 6.07) is -0.794. The summed E-state index contributed by atoms with van der Waals surface area (Å²) in [4.78, 5) is 12.8. The zero-order chi connectivity index (χ0) is 33.1. The Labute approximate surface area is 274 Å². The van der Waals surface area contributed by atoms with Gasteiger partial charge in [0.25, 0.3) is 0 Å². The van der Waals surface area contributed by atoms with Crippen LogP contribution >= 0.6 is 0 Å². The molecular formula is C36H69NO8. The van der Waals surface area contributed by atoms with Gasteiger partial charge in [0, 0.05) is 6.42 Å². The molecule has 0 saturated carbocycles. The van der Waals surface area contributed by atoms with Crippen LogP contribution in [0.1, 0.15) is 155 Å². The van der Waals surface area contributed by atoms with E-state index in [0.717, 1.165) is 38.5 Å². The van der Waals surface area contributed by atoms with E-state index in [0.29, 0.717) is 6.42 Å². The number of allylic oxidation sites excluding steroid dienone is 1. The first kappa shape index (κ1) is 42.0. The molecule has 0 aromatic heterocycles. The summed E-state index contributed by atoms with van der Waals surface area (Å²) in [5.41, 5.74) is 0. The largest absolute Gasteiger partial charge is 0.394 e. The van der Waals surface area contributed by atoms with Crippen molar-refractivity contribution in [1.82, 2.24) is 5.32 Å². The predicted octanol–water partition coefficient (Wildman–Crippen LogP) is 5.83. The average Bonchev–Trinajstić information content (AvgIpc) is 3.04. The summed E-state index contributed by atoms with van der Waals surface area (Å²) < 4.78 is 11.1. The standard InChI is InChI=1S/C36H69NO8/c1-3-5-7-9-11-13-14-15-16-17-18-19-21-23-25-30(39)29(37-32(40)26-24-22-20-12-10-8-6-4-2)28-44-36-35(43)34(42)33(41)31(27-38)45-36/h23,25,29-31,33-36,38-39,41-43H,3-22,24,26-28H2,1-2H3,(H,37,40)/b25-23+. The maximum Gasteiger partial charge on any atom is 0.220 e. The lowest BCUT2D eigenvalue weighted by Gasteiger charge is -2.40. The van der Waals surface area contributed by atoms with Gasteiger partial charge in [-0.1, -0.05) is 142 Å². The second-order valence-corrected chi connectivity index (χ2v) is 13.0. The highest BCUT2D eigenvalue weighted by molar-refractivity contribution is 5.76. The van der Waals surface area contributed by atoms with Crippen molar-refractivity contribution in [3.8, 4) is 0 Å². The molecule has 7 unspecified atom stereocenters. The minimum Gasteiger partial charge on any atom is -0.394 e. The fourth-order valence-electron chi connectivity index (χ4n) is 5.80. The molecular weight excluding hydrogens is 574 g/mol. The van der Waals surface area contributed by atoms with Crippen molar-refractivity contribution in [3.05, 3.63) is 12.2 Å². The number of hydrogen-bond donors (Lipinski definition) is 6. The van der Waals surface area contributed by atoms with Gasteiger partial charge in [-0.3, -0.25) is 4.79 Å². The van der Waals surface area contributed by atoms with Gasteiger partial charge in [0.1, 0.15) is 24.4 Å². The second kappa shape index (κ2) is 28.0. The molecule has 0 aromatic rings. The molecule has 1 saturated heterocycles. The van der Waals surface area contributed by atoms with Gasteiger partial charge >= 0.3 is 0 Å². The Morgan fingerprint density at radius 3 is 1.73 bits per heavy atom. The number of amides is 1. The lowest BCUT2D eigenvalue weighted by molar-refractivity contribution is -0.302. The van der Waals surface area contributed by atoms with Gasteiger partial charge in [-0.25, -0.2) is 0 Å². The van der Waals surface area contributed by atoms with E-state index >= 15 is 0 Å². The number of hydrogen-bond acceptors (Lipinski definition) is 8. The van der Waals surface area contributed by atoms with Crippen molar-refractivity contribution in [2.24, 2.45) is 0 Å². The van der Waals surface area contributed by atoms with Gasteiger partial charge in [0.15, 0.2) is 6.29 Å². The van der Waals surface area contributed by atoms with Crippen molar-refractivity contribution >= 4 is 5.91 Å². The number of carbonyl (C=O) groups is 1. The van der Waals surface area contributed by atoms with Crippen LogP contribution in [-0.2, 0) is 14.3 Å². The van der Waals surface area contributed by atoms with E-state index in [1.165, 1.54) is 96.3 Å². The van der Waals surface area contributed by atoms with Crippen LogP contribution in [0.2, 0.25) is 0 Å².